The Balaban J connectivity index is 1.68. The third-order valence-corrected chi connectivity index (χ3v) is 6.02. The number of hydroxylamine groups is 1. The third-order valence-electron chi connectivity index (χ3n) is 4.38. The number of aromatic nitrogens is 4. The van der Waals surface area contributed by atoms with E-state index in [1.165, 1.54) is 40.4 Å². The van der Waals surface area contributed by atoms with E-state index >= 15 is 0 Å². The Morgan fingerprint density at radius 3 is 2.19 bits per heavy atom. The summed E-state index contributed by atoms with van der Waals surface area (Å²) in [5, 5.41) is 17.7. The van der Waals surface area contributed by atoms with Crippen LogP contribution in [0.2, 0.25) is 0 Å². The molecule has 0 radical (unpaired) electrons. The second-order valence-corrected chi connectivity index (χ2v) is 8.81. The summed E-state index contributed by atoms with van der Waals surface area (Å²) in [6, 6.07) is 10.2. The van der Waals surface area contributed by atoms with Gasteiger partial charge < -0.3 is 0 Å². The average molecular weight is 550 g/mol. The lowest BCUT2D eigenvalue weighted by molar-refractivity contribution is -0.215. The van der Waals surface area contributed by atoms with Crippen LogP contribution in [0.15, 0.2) is 53.4 Å². The SMILES string of the molecule is O=C(NO)C(F)(F)C(F)(F)C(=O)NNc1ccc(NS(=O)(=O)c2cccc(-n3[nH]nnc3=S)c2)cc1. The van der Waals surface area contributed by atoms with E-state index in [4.69, 9.17) is 17.4 Å². The van der Waals surface area contributed by atoms with Gasteiger partial charge in [-0.15, -0.1) is 0 Å². The molecule has 3 aromatic rings. The molecule has 0 aliphatic rings. The van der Waals surface area contributed by atoms with E-state index in [1.54, 1.807) is 6.07 Å². The zero-order valence-electron chi connectivity index (χ0n) is 17.4. The lowest BCUT2D eigenvalue weighted by atomic mass is 10.1. The number of tetrazole rings is 1. The fraction of sp³-hybridized carbons (Fsp3) is 0.118. The van der Waals surface area contributed by atoms with Gasteiger partial charge in [0.15, 0.2) is 0 Å². The summed E-state index contributed by atoms with van der Waals surface area (Å²) in [6.07, 6.45) is 0. The average Bonchev–Trinajstić information content (AvgIpc) is 3.28. The van der Waals surface area contributed by atoms with E-state index in [1.807, 2.05) is 5.43 Å². The number of amides is 2. The summed E-state index contributed by atoms with van der Waals surface area (Å²) in [5.74, 6) is -16.4. The van der Waals surface area contributed by atoms with Gasteiger partial charge in [-0.25, -0.2) is 18.6 Å². The topological polar surface area (TPSA) is 183 Å². The molecule has 1 aromatic heterocycles. The number of aromatic amines is 1. The number of carbonyl (C=O) groups excluding carboxylic acids is 2. The molecule has 3 rings (SSSR count). The number of halogens is 4. The van der Waals surface area contributed by atoms with Crippen molar-refractivity contribution in [3.8, 4) is 5.69 Å². The Morgan fingerprint density at radius 2 is 1.61 bits per heavy atom. The molecule has 0 fully saturated rings. The molecule has 6 N–H and O–H groups in total. The second kappa shape index (κ2) is 9.87. The molecule has 0 aliphatic carbocycles. The minimum atomic E-state index is -5.55. The first-order chi connectivity index (χ1) is 16.8. The highest BCUT2D eigenvalue weighted by molar-refractivity contribution is 7.92. The van der Waals surface area contributed by atoms with Gasteiger partial charge in [0.25, 0.3) is 10.0 Å². The minimum Gasteiger partial charge on any atom is -0.298 e. The number of H-pyrrole nitrogens is 1. The molecule has 19 heteroatoms. The Hall–Kier alpha value is -4.10. The molecule has 1 heterocycles. The third kappa shape index (κ3) is 5.26. The van der Waals surface area contributed by atoms with Gasteiger partial charge in [-0.1, -0.05) is 16.4 Å². The van der Waals surface area contributed by atoms with Crippen molar-refractivity contribution < 1.29 is 40.8 Å². The molecule has 0 aliphatic heterocycles. The number of benzene rings is 2. The van der Waals surface area contributed by atoms with Gasteiger partial charge in [0.05, 0.1) is 16.3 Å². The first-order valence-corrected chi connectivity index (χ1v) is 11.2. The van der Waals surface area contributed by atoms with Crippen LogP contribution in [0, 0.1) is 4.77 Å². The van der Waals surface area contributed by atoms with Crippen LogP contribution in [-0.4, -0.2) is 57.5 Å². The number of hydrogen-bond donors (Lipinski definition) is 6. The van der Waals surface area contributed by atoms with Crippen LogP contribution in [0.4, 0.5) is 28.9 Å². The lowest BCUT2D eigenvalue weighted by Gasteiger charge is -2.23. The lowest BCUT2D eigenvalue weighted by Crippen LogP contribution is -2.59. The number of carbonyl (C=O) groups is 2. The first-order valence-electron chi connectivity index (χ1n) is 9.29. The summed E-state index contributed by atoms with van der Waals surface area (Å²) in [4.78, 5) is 22.1. The van der Waals surface area contributed by atoms with Gasteiger partial charge in [-0.2, -0.15) is 22.8 Å². The number of hydrazine groups is 1. The maximum Gasteiger partial charge on any atom is 0.397 e. The fourth-order valence-electron chi connectivity index (χ4n) is 2.55. The Labute approximate surface area is 203 Å². The monoisotopic (exact) mass is 550 g/mol. The molecule has 0 spiro atoms. The van der Waals surface area contributed by atoms with Crippen LogP contribution in [0.1, 0.15) is 0 Å². The van der Waals surface area contributed by atoms with E-state index in [-0.39, 0.29) is 21.0 Å². The Bertz CT molecular complexity index is 1440. The molecule has 36 heavy (non-hydrogen) atoms. The van der Waals surface area contributed by atoms with Gasteiger partial charge >= 0.3 is 23.7 Å². The van der Waals surface area contributed by atoms with Gasteiger partial charge in [0.1, 0.15) is 0 Å². The zero-order valence-corrected chi connectivity index (χ0v) is 19.0. The smallest absolute Gasteiger partial charge is 0.298 e. The van der Waals surface area contributed by atoms with E-state index in [0.717, 1.165) is 12.1 Å². The van der Waals surface area contributed by atoms with Crippen LogP contribution in [0.5, 0.6) is 0 Å². The predicted molar refractivity (Wildman–Crippen MR) is 115 cm³/mol. The number of alkyl halides is 4. The molecule has 0 unspecified atom stereocenters. The molecule has 0 bridgehead atoms. The molecule has 0 saturated heterocycles. The summed E-state index contributed by atoms with van der Waals surface area (Å²) < 4.78 is 83.0. The minimum absolute atomic E-state index is 0.0218. The van der Waals surface area contributed by atoms with Gasteiger partial charge in [0, 0.05) is 5.69 Å². The molecule has 192 valence electrons. The quantitative estimate of drug-likeness (QED) is 0.0991. The van der Waals surface area contributed by atoms with Crippen molar-refractivity contribution >= 4 is 45.4 Å². The molecule has 0 saturated carbocycles. The molecule has 0 atom stereocenters. The van der Waals surface area contributed by atoms with Gasteiger partial charge in [-0.3, -0.25) is 30.4 Å². The molecule has 13 nitrogen and oxygen atoms in total. The van der Waals surface area contributed by atoms with Crippen LogP contribution >= 0.6 is 12.2 Å². The maximum absolute atomic E-state index is 13.6. The summed E-state index contributed by atoms with van der Waals surface area (Å²) >= 11 is 4.97. The van der Waals surface area contributed by atoms with Crippen molar-refractivity contribution in [3.63, 3.8) is 0 Å². The fourth-order valence-corrected chi connectivity index (χ4v) is 3.84. The van der Waals surface area contributed by atoms with Gasteiger partial charge in [-0.05, 0) is 54.7 Å². The van der Waals surface area contributed by atoms with Crippen molar-refractivity contribution in [2.45, 2.75) is 16.7 Å². The van der Waals surface area contributed by atoms with Crippen molar-refractivity contribution in [2.75, 3.05) is 10.1 Å². The maximum atomic E-state index is 13.6. The van der Waals surface area contributed by atoms with E-state index in [9.17, 15) is 35.6 Å². The molecular weight excluding hydrogens is 536 g/mol. The molecule has 2 amide bonds. The summed E-state index contributed by atoms with van der Waals surface area (Å²) in [6.45, 7) is 0. The van der Waals surface area contributed by atoms with Crippen LogP contribution in [0.25, 0.3) is 5.69 Å². The van der Waals surface area contributed by atoms with Crippen molar-refractivity contribution in [3.05, 3.63) is 53.3 Å². The Morgan fingerprint density at radius 1 is 1.00 bits per heavy atom. The van der Waals surface area contributed by atoms with Gasteiger partial charge in [0.2, 0.25) is 4.77 Å². The second-order valence-electron chi connectivity index (χ2n) is 6.77. The van der Waals surface area contributed by atoms with Crippen LogP contribution in [-0.2, 0) is 19.6 Å². The zero-order chi connectivity index (χ0) is 26.7. The van der Waals surface area contributed by atoms with Crippen LogP contribution < -0.4 is 21.1 Å². The van der Waals surface area contributed by atoms with Crippen LogP contribution in [0.3, 0.4) is 0 Å². The van der Waals surface area contributed by atoms with E-state index in [0.29, 0.717) is 11.2 Å². The number of rotatable bonds is 9. The highest BCUT2D eigenvalue weighted by Gasteiger charge is 2.67. The predicted octanol–water partition coefficient (Wildman–Crippen LogP) is 1.34. The largest absolute Gasteiger partial charge is 0.397 e. The summed E-state index contributed by atoms with van der Waals surface area (Å²) in [7, 11) is -4.11. The highest BCUT2D eigenvalue weighted by Crippen LogP contribution is 2.34. The molecular formula is C17H14F4N8O5S2. The molecule has 2 aromatic carbocycles. The van der Waals surface area contributed by atoms with E-state index in [2.05, 4.69) is 20.2 Å². The standard InChI is InChI=1S/C17H14F4N8O5S2/c18-16(19,17(20,21)14(31)25-32)13(30)23-22-9-4-6-10(7-5-9)26-36(33,34)12-3-1-2-11(8-12)29-15(35)24-27-28-29/h1-8,22,26,32H,(H,23,30)(H,25,31)(H,24,28,35). The number of sulfonamides is 1. The van der Waals surface area contributed by atoms with Crippen molar-refractivity contribution in [2.24, 2.45) is 0 Å². The normalized spacial score (nSPS) is 12.0. The highest BCUT2D eigenvalue weighted by atomic mass is 32.2. The number of nitrogens with one attached hydrogen (secondary N) is 5. The van der Waals surface area contributed by atoms with E-state index < -0.39 is 33.7 Å². The number of nitrogens with zero attached hydrogens (tertiary/aromatic N) is 3. The number of anilines is 2. The van der Waals surface area contributed by atoms with Crippen molar-refractivity contribution in [1.29, 1.82) is 0 Å². The Kier molecular flexibility index (Phi) is 7.27. The summed E-state index contributed by atoms with van der Waals surface area (Å²) in [5.41, 5.74) is 3.81. The van der Waals surface area contributed by atoms with Crippen molar-refractivity contribution in [1.82, 2.24) is 31.1 Å². The first kappa shape index (κ1) is 26.5. The number of hydrogen-bond acceptors (Lipinski definition) is 9.